The second-order valence-electron chi connectivity index (χ2n) is 7.76. The van der Waals surface area contributed by atoms with Crippen molar-refractivity contribution in [3.8, 4) is 16.9 Å². The molecule has 2 N–H and O–H groups in total. The molecule has 0 atom stereocenters. The van der Waals surface area contributed by atoms with Crippen LogP contribution in [0.1, 0.15) is 61.8 Å². The monoisotopic (exact) mass is 398 g/mol. The lowest BCUT2D eigenvalue weighted by Crippen LogP contribution is -2.30. The number of ether oxygens (including phenoxy) is 1. The predicted molar refractivity (Wildman–Crippen MR) is 109 cm³/mol. The SMILES string of the molecule is CCCCC(C)(C)Oc1c(-c2c(C)noc2C)ccn2c(=O)c(C(N)=O)cnc12. The lowest BCUT2D eigenvalue weighted by Gasteiger charge is -2.28. The zero-order valence-electron chi connectivity index (χ0n) is 17.4. The van der Waals surface area contributed by atoms with E-state index in [9.17, 15) is 9.59 Å². The van der Waals surface area contributed by atoms with Crippen molar-refractivity contribution in [2.24, 2.45) is 5.73 Å². The van der Waals surface area contributed by atoms with Crippen molar-refractivity contribution in [1.29, 1.82) is 0 Å². The normalized spacial score (nSPS) is 11.8. The number of nitrogens with zero attached hydrogens (tertiary/aromatic N) is 3. The minimum absolute atomic E-state index is 0.177. The average Bonchev–Trinajstić information content (AvgIpc) is 2.99. The van der Waals surface area contributed by atoms with Gasteiger partial charge in [-0.25, -0.2) is 4.98 Å². The summed E-state index contributed by atoms with van der Waals surface area (Å²) in [4.78, 5) is 28.6. The van der Waals surface area contributed by atoms with Crippen molar-refractivity contribution in [2.75, 3.05) is 0 Å². The summed E-state index contributed by atoms with van der Waals surface area (Å²) in [6.45, 7) is 9.78. The molecule has 0 unspecified atom stereocenters. The van der Waals surface area contributed by atoms with E-state index < -0.39 is 17.1 Å². The van der Waals surface area contributed by atoms with Crippen molar-refractivity contribution >= 4 is 11.6 Å². The van der Waals surface area contributed by atoms with Crippen LogP contribution >= 0.6 is 0 Å². The van der Waals surface area contributed by atoms with E-state index in [1.165, 1.54) is 10.6 Å². The zero-order valence-corrected chi connectivity index (χ0v) is 17.4. The molecule has 0 aliphatic carbocycles. The van der Waals surface area contributed by atoms with Gasteiger partial charge < -0.3 is 15.0 Å². The van der Waals surface area contributed by atoms with Crippen LogP contribution in [0.5, 0.6) is 5.75 Å². The number of carbonyl (C=O) groups is 1. The number of nitrogens with two attached hydrogens (primary N) is 1. The van der Waals surface area contributed by atoms with Crippen LogP contribution < -0.4 is 16.0 Å². The Hall–Kier alpha value is -3.16. The fourth-order valence-corrected chi connectivity index (χ4v) is 3.38. The number of primary amides is 1. The van der Waals surface area contributed by atoms with Gasteiger partial charge in [-0.05, 0) is 46.6 Å². The van der Waals surface area contributed by atoms with E-state index in [1.54, 1.807) is 12.3 Å². The number of hydrogen-bond donors (Lipinski definition) is 1. The highest BCUT2D eigenvalue weighted by atomic mass is 16.5. The van der Waals surface area contributed by atoms with Crippen molar-refractivity contribution < 1.29 is 14.1 Å². The summed E-state index contributed by atoms with van der Waals surface area (Å²) in [5.41, 5.74) is 6.63. The third-order valence-corrected chi connectivity index (χ3v) is 4.91. The Kier molecular flexibility index (Phi) is 5.46. The van der Waals surface area contributed by atoms with Gasteiger partial charge in [0.25, 0.3) is 11.5 Å². The van der Waals surface area contributed by atoms with Gasteiger partial charge >= 0.3 is 0 Å². The largest absolute Gasteiger partial charge is 0.483 e. The number of aryl methyl sites for hydroxylation is 2. The van der Waals surface area contributed by atoms with Crippen molar-refractivity contribution in [2.45, 2.75) is 59.5 Å². The van der Waals surface area contributed by atoms with Crippen LogP contribution in [0.4, 0.5) is 0 Å². The minimum Gasteiger partial charge on any atom is -0.483 e. The quantitative estimate of drug-likeness (QED) is 0.652. The molecule has 3 heterocycles. The highest BCUT2D eigenvalue weighted by molar-refractivity contribution is 5.92. The third-order valence-electron chi connectivity index (χ3n) is 4.91. The molecule has 0 bridgehead atoms. The number of unbranched alkanes of at least 4 members (excludes halogenated alkanes) is 1. The Morgan fingerprint density at radius 3 is 2.66 bits per heavy atom. The number of carbonyl (C=O) groups excluding carboxylic acids is 1. The zero-order chi connectivity index (χ0) is 21.3. The molecule has 154 valence electrons. The van der Waals surface area contributed by atoms with E-state index in [0.717, 1.165) is 30.4 Å². The number of hydrogen-bond acceptors (Lipinski definition) is 6. The van der Waals surface area contributed by atoms with Crippen molar-refractivity contribution in [1.82, 2.24) is 14.5 Å². The molecule has 8 heteroatoms. The molecule has 0 saturated heterocycles. The maximum absolute atomic E-state index is 12.7. The second kappa shape index (κ2) is 7.69. The Morgan fingerprint density at radius 2 is 2.07 bits per heavy atom. The summed E-state index contributed by atoms with van der Waals surface area (Å²) in [6.07, 6.45) is 5.62. The van der Waals surface area contributed by atoms with Gasteiger partial charge in [0.2, 0.25) is 0 Å². The van der Waals surface area contributed by atoms with E-state index in [2.05, 4.69) is 17.1 Å². The molecule has 0 spiro atoms. The number of pyridine rings is 1. The molecule has 29 heavy (non-hydrogen) atoms. The molecule has 3 rings (SSSR count). The highest BCUT2D eigenvalue weighted by Gasteiger charge is 2.26. The summed E-state index contributed by atoms with van der Waals surface area (Å²) in [6, 6.07) is 1.75. The first-order valence-electron chi connectivity index (χ1n) is 9.62. The molecule has 3 aromatic heterocycles. The summed E-state index contributed by atoms with van der Waals surface area (Å²) >= 11 is 0. The lowest BCUT2D eigenvalue weighted by molar-refractivity contribution is 0.0978. The van der Waals surface area contributed by atoms with Crippen molar-refractivity contribution in [3.63, 3.8) is 0 Å². The highest BCUT2D eigenvalue weighted by Crippen LogP contribution is 2.39. The molecule has 1 amide bonds. The molecule has 0 aromatic carbocycles. The van der Waals surface area contributed by atoms with Crippen LogP contribution in [0.3, 0.4) is 0 Å². The molecule has 0 aliphatic heterocycles. The standard InChI is InChI=1S/C21H26N4O4/c1-6-7-9-21(4,5)28-17-14(16-12(2)24-29-13(16)3)8-10-25-19(17)23-11-15(18(22)26)20(25)27/h8,10-11H,6-7,9H2,1-5H3,(H2,22,26). The third kappa shape index (κ3) is 3.87. The van der Waals surface area contributed by atoms with Gasteiger partial charge in [-0.3, -0.25) is 14.0 Å². The Morgan fingerprint density at radius 1 is 1.34 bits per heavy atom. The summed E-state index contributed by atoms with van der Waals surface area (Å²) in [7, 11) is 0. The van der Waals surface area contributed by atoms with Gasteiger partial charge in [0.15, 0.2) is 11.4 Å². The van der Waals surface area contributed by atoms with Gasteiger partial charge in [0.05, 0.1) is 11.3 Å². The molecular weight excluding hydrogens is 372 g/mol. The van der Waals surface area contributed by atoms with Gasteiger partial charge in [-0.2, -0.15) is 0 Å². The average molecular weight is 398 g/mol. The minimum atomic E-state index is -0.822. The van der Waals surface area contributed by atoms with E-state index >= 15 is 0 Å². The smallest absolute Gasteiger partial charge is 0.270 e. The van der Waals surface area contributed by atoms with Gasteiger partial charge in [0, 0.05) is 18.0 Å². The van der Waals surface area contributed by atoms with Gasteiger partial charge in [0.1, 0.15) is 16.9 Å². The molecular formula is C21H26N4O4. The van der Waals surface area contributed by atoms with Gasteiger partial charge in [-0.15, -0.1) is 0 Å². The number of amides is 1. The molecule has 0 aliphatic rings. The topological polar surface area (TPSA) is 113 Å². The summed E-state index contributed by atoms with van der Waals surface area (Å²) < 4.78 is 13.0. The second-order valence-corrected chi connectivity index (χ2v) is 7.76. The molecule has 0 saturated carbocycles. The first-order chi connectivity index (χ1) is 13.7. The van der Waals surface area contributed by atoms with Crippen LogP contribution in [-0.4, -0.2) is 26.0 Å². The van der Waals surface area contributed by atoms with Gasteiger partial charge in [-0.1, -0.05) is 18.5 Å². The molecule has 8 nitrogen and oxygen atoms in total. The molecule has 0 fully saturated rings. The van der Waals surface area contributed by atoms with E-state index in [4.69, 9.17) is 15.0 Å². The van der Waals surface area contributed by atoms with Crippen LogP contribution in [0.2, 0.25) is 0 Å². The lowest BCUT2D eigenvalue weighted by atomic mass is 10.00. The van der Waals surface area contributed by atoms with E-state index in [1.807, 2.05) is 27.7 Å². The van der Waals surface area contributed by atoms with Crippen LogP contribution in [0.25, 0.3) is 16.8 Å². The Balaban J connectivity index is 2.30. The fourth-order valence-electron chi connectivity index (χ4n) is 3.38. The van der Waals surface area contributed by atoms with Crippen LogP contribution in [-0.2, 0) is 0 Å². The van der Waals surface area contributed by atoms with Crippen LogP contribution in [0, 0.1) is 13.8 Å². The van der Waals surface area contributed by atoms with Crippen molar-refractivity contribution in [3.05, 3.63) is 45.8 Å². The maximum atomic E-state index is 12.7. The first-order valence-corrected chi connectivity index (χ1v) is 9.62. The number of aromatic nitrogens is 3. The molecule has 0 radical (unpaired) electrons. The summed E-state index contributed by atoms with van der Waals surface area (Å²) in [5.74, 6) is 0.257. The fraction of sp³-hybridized carbons (Fsp3) is 0.429. The number of rotatable bonds is 7. The predicted octanol–water partition coefficient (Wildman–Crippen LogP) is 3.41. The molecule has 3 aromatic rings. The van der Waals surface area contributed by atoms with Crippen LogP contribution in [0.15, 0.2) is 27.8 Å². The van der Waals surface area contributed by atoms with E-state index in [0.29, 0.717) is 22.9 Å². The maximum Gasteiger partial charge on any atom is 0.270 e. The number of fused-ring (bicyclic) bond motifs is 1. The Labute approximate surface area is 168 Å². The van der Waals surface area contributed by atoms with E-state index in [-0.39, 0.29) is 5.56 Å². The summed E-state index contributed by atoms with van der Waals surface area (Å²) in [5, 5.41) is 4.03. The Bertz CT molecular complexity index is 1110. The first kappa shape index (κ1) is 20.6.